The van der Waals surface area contributed by atoms with Crippen LogP contribution in [0.1, 0.15) is 5.56 Å². The van der Waals surface area contributed by atoms with Gasteiger partial charge in [-0.15, -0.1) is 0 Å². The van der Waals surface area contributed by atoms with E-state index >= 15 is 0 Å². The van der Waals surface area contributed by atoms with Crippen molar-refractivity contribution < 1.29 is 23.9 Å². The Labute approximate surface area is 170 Å². The molecule has 1 fully saturated rings. The lowest BCUT2D eigenvalue weighted by Crippen LogP contribution is -2.54. The van der Waals surface area contributed by atoms with Crippen LogP contribution in [0.15, 0.2) is 42.0 Å². The molecule has 4 amide bonds. The summed E-state index contributed by atoms with van der Waals surface area (Å²) >= 11 is 12.1. The van der Waals surface area contributed by atoms with Gasteiger partial charge in [-0.3, -0.25) is 14.9 Å². The molecule has 3 rings (SSSR count). The fourth-order valence-corrected chi connectivity index (χ4v) is 3.03. The first-order chi connectivity index (χ1) is 13.4. The fourth-order valence-electron chi connectivity index (χ4n) is 2.65. The lowest BCUT2D eigenvalue weighted by molar-refractivity contribution is -0.122. The standard InChI is InChI=1S/C19H14Cl2N2O5/c1-27-11-6-7-15(28-2)10(8-11)9-12-17(24)22-19(26)23(18(12)25)14-5-3-4-13(20)16(14)21/h3-9H,1-2H3,(H,22,24,26)/b12-9+. The molecule has 1 heterocycles. The third kappa shape index (κ3) is 3.54. The van der Waals surface area contributed by atoms with E-state index in [0.29, 0.717) is 17.1 Å². The first-order valence-electron chi connectivity index (χ1n) is 7.95. The SMILES string of the molecule is COc1ccc(OC)c(/C=C2\C(=O)NC(=O)N(c3cccc(Cl)c3Cl)C2=O)c1. The summed E-state index contributed by atoms with van der Waals surface area (Å²) in [5.41, 5.74) is 0.210. The number of carbonyl (C=O) groups excluding carboxylic acids is 3. The van der Waals surface area contributed by atoms with Gasteiger partial charge in [-0.05, 0) is 36.4 Å². The summed E-state index contributed by atoms with van der Waals surface area (Å²) in [6.45, 7) is 0. The molecule has 0 bridgehead atoms. The van der Waals surface area contributed by atoms with Crippen molar-refractivity contribution in [3.8, 4) is 11.5 Å². The topological polar surface area (TPSA) is 84.9 Å². The normalized spacial score (nSPS) is 15.6. The molecule has 0 aliphatic carbocycles. The Kier molecular flexibility index (Phi) is 5.58. The number of anilines is 1. The van der Waals surface area contributed by atoms with E-state index in [9.17, 15) is 14.4 Å². The summed E-state index contributed by atoms with van der Waals surface area (Å²) in [4.78, 5) is 38.4. The van der Waals surface area contributed by atoms with E-state index in [4.69, 9.17) is 32.7 Å². The van der Waals surface area contributed by atoms with E-state index in [2.05, 4.69) is 5.32 Å². The molecule has 2 aromatic carbocycles. The van der Waals surface area contributed by atoms with E-state index < -0.39 is 17.8 Å². The number of benzene rings is 2. The van der Waals surface area contributed by atoms with E-state index in [1.54, 1.807) is 18.2 Å². The Hall–Kier alpha value is -3.03. The fraction of sp³-hybridized carbons (Fsp3) is 0.105. The van der Waals surface area contributed by atoms with Gasteiger partial charge in [-0.2, -0.15) is 0 Å². The van der Waals surface area contributed by atoms with Crippen LogP contribution in [0, 0.1) is 0 Å². The summed E-state index contributed by atoms with van der Waals surface area (Å²) in [5, 5.41) is 2.30. The van der Waals surface area contributed by atoms with E-state index in [1.807, 2.05) is 0 Å². The summed E-state index contributed by atoms with van der Waals surface area (Å²) in [6.07, 6.45) is 1.32. The predicted octanol–water partition coefficient (Wildman–Crippen LogP) is 3.68. The highest BCUT2D eigenvalue weighted by Crippen LogP contribution is 2.35. The van der Waals surface area contributed by atoms with Gasteiger partial charge in [0.1, 0.15) is 17.1 Å². The van der Waals surface area contributed by atoms with E-state index in [1.165, 1.54) is 38.5 Å². The van der Waals surface area contributed by atoms with Gasteiger partial charge in [0.25, 0.3) is 11.8 Å². The highest BCUT2D eigenvalue weighted by Gasteiger charge is 2.38. The molecule has 0 spiro atoms. The third-order valence-corrected chi connectivity index (χ3v) is 4.82. The maximum absolute atomic E-state index is 13.0. The Balaban J connectivity index is 2.11. The van der Waals surface area contributed by atoms with Crippen LogP contribution in [0.4, 0.5) is 10.5 Å². The first-order valence-corrected chi connectivity index (χ1v) is 8.70. The lowest BCUT2D eigenvalue weighted by atomic mass is 10.1. The quantitative estimate of drug-likeness (QED) is 0.602. The maximum Gasteiger partial charge on any atom is 0.336 e. The van der Waals surface area contributed by atoms with Crippen molar-refractivity contribution in [2.75, 3.05) is 19.1 Å². The zero-order chi connectivity index (χ0) is 20.4. The number of imide groups is 2. The molecular weight excluding hydrogens is 407 g/mol. The molecule has 28 heavy (non-hydrogen) atoms. The molecule has 1 aliphatic heterocycles. The smallest absolute Gasteiger partial charge is 0.336 e. The molecular formula is C19H14Cl2N2O5. The van der Waals surface area contributed by atoms with Gasteiger partial charge >= 0.3 is 6.03 Å². The number of rotatable bonds is 4. The van der Waals surface area contributed by atoms with Gasteiger partial charge in [0.05, 0.1) is 30.0 Å². The number of urea groups is 1. The molecule has 9 heteroatoms. The average molecular weight is 421 g/mol. The van der Waals surface area contributed by atoms with Gasteiger partial charge in [-0.25, -0.2) is 9.69 Å². The second kappa shape index (κ2) is 7.92. The second-order valence-corrected chi connectivity index (χ2v) is 6.42. The van der Waals surface area contributed by atoms with E-state index in [-0.39, 0.29) is 21.3 Å². The number of halogens is 2. The van der Waals surface area contributed by atoms with Crippen molar-refractivity contribution in [3.05, 3.63) is 57.6 Å². The van der Waals surface area contributed by atoms with Crippen LogP contribution in [-0.4, -0.2) is 32.1 Å². The van der Waals surface area contributed by atoms with E-state index in [0.717, 1.165) is 4.90 Å². The zero-order valence-corrected chi connectivity index (χ0v) is 16.3. The molecule has 7 nitrogen and oxygen atoms in total. The summed E-state index contributed by atoms with van der Waals surface area (Å²) in [7, 11) is 2.94. The summed E-state index contributed by atoms with van der Waals surface area (Å²) < 4.78 is 10.4. The number of nitrogens with zero attached hydrogens (tertiary/aromatic N) is 1. The summed E-state index contributed by atoms with van der Waals surface area (Å²) in [5.74, 6) is -0.766. The molecule has 0 radical (unpaired) electrons. The lowest BCUT2D eigenvalue weighted by Gasteiger charge is -2.27. The molecule has 1 saturated heterocycles. The third-order valence-electron chi connectivity index (χ3n) is 4.01. The van der Waals surface area contributed by atoms with Crippen molar-refractivity contribution in [2.24, 2.45) is 0 Å². The number of nitrogens with one attached hydrogen (secondary N) is 1. The van der Waals surface area contributed by atoms with Crippen LogP contribution in [0.5, 0.6) is 11.5 Å². The number of barbiturate groups is 1. The van der Waals surface area contributed by atoms with Crippen molar-refractivity contribution in [1.29, 1.82) is 0 Å². The Morgan fingerprint density at radius 1 is 1.04 bits per heavy atom. The van der Waals surface area contributed by atoms with Gasteiger partial charge < -0.3 is 9.47 Å². The molecule has 0 atom stereocenters. The molecule has 0 aromatic heterocycles. The highest BCUT2D eigenvalue weighted by atomic mass is 35.5. The molecule has 0 saturated carbocycles. The first kappa shape index (κ1) is 19.7. The minimum atomic E-state index is -0.922. The van der Waals surface area contributed by atoms with Crippen LogP contribution in [0.25, 0.3) is 6.08 Å². The molecule has 0 unspecified atom stereocenters. The van der Waals surface area contributed by atoms with Crippen LogP contribution < -0.4 is 19.7 Å². The van der Waals surface area contributed by atoms with Crippen LogP contribution >= 0.6 is 23.2 Å². The van der Waals surface area contributed by atoms with Crippen LogP contribution in [0.3, 0.4) is 0 Å². The molecule has 1 N–H and O–H groups in total. The number of ether oxygens (including phenoxy) is 2. The number of carbonyl (C=O) groups is 3. The van der Waals surface area contributed by atoms with Crippen molar-refractivity contribution in [1.82, 2.24) is 5.32 Å². The molecule has 2 aromatic rings. The maximum atomic E-state index is 13.0. The van der Waals surface area contributed by atoms with Crippen LogP contribution in [0.2, 0.25) is 10.0 Å². The minimum Gasteiger partial charge on any atom is -0.497 e. The Bertz CT molecular complexity index is 1020. The summed E-state index contributed by atoms with van der Waals surface area (Å²) in [6, 6.07) is 8.48. The number of hydrogen-bond acceptors (Lipinski definition) is 5. The minimum absolute atomic E-state index is 0.0142. The second-order valence-electron chi connectivity index (χ2n) is 5.64. The van der Waals surface area contributed by atoms with Crippen molar-refractivity contribution in [2.45, 2.75) is 0 Å². The van der Waals surface area contributed by atoms with Gasteiger partial charge in [0, 0.05) is 5.56 Å². The van der Waals surface area contributed by atoms with Gasteiger partial charge in [0.15, 0.2) is 0 Å². The predicted molar refractivity (Wildman–Crippen MR) is 105 cm³/mol. The number of hydrogen-bond donors (Lipinski definition) is 1. The van der Waals surface area contributed by atoms with Crippen molar-refractivity contribution in [3.63, 3.8) is 0 Å². The number of methoxy groups -OCH3 is 2. The Morgan fingerprint density at radius 3 is 2.46 bits per heavy atom. The largest absolute Gasteiger partial charge is 0.497 e. The van der Waals surface area contributed by atoms with Gasteiger partial charge in [0.2, 0.25) is 0 Å². The Morgan fingerprint density at radius 2 is 1.79 bits per heavy atom. The number of amides is 4. The average Bonchev–Trinajstić information content (AvgIpc) is 2.68. The van der Waals surface area contributed by atoms with Crippen LogP contribution in [-0.2, 0) is 9.59 Å². The van der Waals surface area contributed by atoms with Crippen molar-refractivity contribution >= 4 is 52.8 Å². The molecule has 144 valence electrons. The monoisotopic (exact) mass is 420 g/mol. The van der Waals surface area contributed by atoms with Gasteiger partial charge in [-0.1, -0.05) is 29.3 Å². The highest BCUT2D eigenvalue weighted by molar-refractivity contribution is 6.46. The zero-order valence-electron chi connectivity index (χ0n) is 14.8. The molecule has 1 aliphatic rings.